The van der Waals surface area contributed by atoms with Crippen LogP contribution in [0.4, 0.5) is 0 Å². The number of carbonyl (C=O) groups is 2. The van der Waals surface area contributed by atoms with E-state index in [2.05, 4.69) is 0 Å². The van der Waals surface area contributed by atoms with Gasteiger partial charge in [-0.25, -0.2) is 0 Å². The Morgan fingerprint density at radius 1 is 0.475 bits per heavy atom. The molecular formula is C36H38O4. The molecule has 40 heavy (non-hydrogen) atoms. The predicted molar refractivity (Wildman–Crippen MR) is 162 cm³/mol. The fourth-order valence-corrected chi connectivity index (χ4v) is 4.51. The van der Waals surface area contributed by atoms with Crippen molar-refractivity contribution in [2.24, 2.45) is 0 Å². The normalized spacial score (nSPS) is 10.8. The van der Waals surface area contributed by atoms with Crippen LogP contribution in [-0.2, 0) is 0 Å². The van der Waals surface area contributed by atoms with Crippen LogP contribution in [0.25, 0.3) is 22.3 Å². The molecule has 0 bridgehead atoms. The topological polar surface area (TPSA) is 52.6 Å². The van der Waals surface area contributed by atoms with E-state index in [1.807, 2.05) is 111 Å². The molecule has 0 saturated carbocycles. The Balaban J connectivity index is 1.16. The number of hydrogen-bond donors (Lipinski definition) is 0. The van der Waals surface area contributed by atoms with E-state index in [0.29, 0.717) is 26.1 Å². The molecule has 0 aliphatic rings. The third-order valence-electron chi connectivity index (χ3n) is 6.82. The summed E-state index contributed by atoms with van der Waals surface area (Å²) in [6.45, 7) is 5.30. The van der Waals surface area contributed by atoms with Crippen LogP contribution in [0.3, 0.4) is 0 Å². The lowest BCUT2D eigenvalue weighted by atomic mass is 10.0. The molecule has 0 amide bonds. The minimum atomic E-state index is 0.195. The lowest BCUT2D eigenvalue weighted by molar-refractivity contribution is 0.0973. The van der Waals surface area contributed by atoms with E-state index in [0.717, 1.165) is 70.6 Å². The van der Waals surface area contributed by atoms with Crippen molar-refractivity contribution in [3.8, 4) is 33.8 Å². The van der Waals surface area contributed by atoms with Crippen molar-refractivity contribution in [3.05, 3.63) is 108 Å². The van der Waals surface area contributed by atoms with Gasteiger partial charge in [0.25, 0.3) is 0 Å². The number of benzene rings is 4. The van der Waals surface area contributed by atoms with Crippen LogP contribution in [0.1, 0.15) is 73.1 Å². The van der Waals surface area contributed by atoms with Gasteiger partial charge < -0.3 is 9.47 Å². The van der Waals surface area contributed by atoms with Gasteiger partial charge in [-0.05, 0) is 72.2 Å². The maximum atomic E-state index is 12.0. The first-order valence-corrected chi connectivity index (χ1v) is 14.3. The smallest absolute Gasteiger partial charge is 0.162 e. The van der Waals surface area contributed by atoms with Gasteiger partial charge in [-0.15, -0.1) is 0 Å². The van der Waals surface area contributed by atoms with E-state index in [4.69, 9.17) is 9.47 Å². The summed E-state index contributed by atoms with van der Waals surface area (Å²) >= 11 is 0. The van der Waals surface area contributed by atoms with Gasteiger partial charge in [0.1, 0.15) is 11.5 Å². The monoisotopic (exact) mass is 534 g/mol. The van der Waals surface area contributed by atoms with Gasteiger partial charge in [0, 0.05) is 24.0 Å². The number of ether oxygens (including phenoxy) is 2. The Morgan fingerprint density at radius 3 is 1.07 bits per heavy atom. The zero-order valence-electron chi connectivity index (χ0n) is 23.5. The Morgan fingerprint density at radius 2 is 0.775 bits per heavy atom. The molecule has 0 aromatic heterocycles. The largest absolute Gasteiger partial charge is 0.494 e. The Kier molecular flexibility index (Phi) is 10.7. The van der Waals surface area contributed by atoms with Gasteiger partial charge in [-0.3, -0.25) is 9.59 Å². The van der Waals surface area contributed by atoms with Crippen LogP contribution in [0.5, 0.6) is 11.5 Å². The molecule has 0 aliphatic carbocycles. The SMILES string of the molecule is CCCC(=O)c1ccc(-c2ccc(OCCCCOc3ccc(-c4ccc(C(=O)CCC)cc4)cc3)cc2)cc1. The first-order chi connectivity index (χ1) is 19.6. The summed E-state index contributed by atoms with van der Waals surface area (Å²) in [5.41, 5.74) is 5.91. The highest BCUT2D eigenvalue weighted by Crippen LogP contribution is 2.25. The average molecular weight is 535 g/mol. The second-order valence-corrected chi connectivity index (χ2v) is 9.95. The quantitative estimate of drug-likeness (QED) is 0.113. The average Bonchev–Trinajstić information content (AvgIpc) is 3.00. The van der Waals surface area contributed by atoms with Crippen molar-refractivity contribution in [2.75, 3.05) is 13.2 Å². The Labute approximate surface area is 238 Å². The van der Waals surface area contributed by atoms with Gasteiger partial charge in [-0.2, -0.15) is 0 Å². The molecule has 4 aromatic rings. The van der Waals surface area contributed by atoms with Gasteiger partial charge in [0.2, 0.25) is 0 Å². The molecule has 0 saturated heterocycles. The summed E-state index contributed by atoms with van der Waals surface area (Å²) < 4.78 is 11.8. The predicted octanol–water partition coefficient (Wildman–Crippen LogP) is 9.22. The molecule has 4 heteroatoms. The fraction of sp³-hybridized carbons (Fsp3) is 0.278. The fourth-order valence-electron chi connectivity index (χ4n) is 4.51. The number of Topliss-reactive ketones (excluding diaryl/α,β-unsaturated/α-hetero) is 2. The second-order valence-electron chi connectivity index (χ2n) is 9.95. The van der Waals surface area contributed by atoms with Gasteiger partial charge in [0.05, 0.1) is 13.2 Å². The van der Waals surface area contributed by atoms with Crippen molar-refractivity contribution in [1.29, 1.82) is 0 Å². The highest BCUT2D eigenvalue weighted by atomic mass is 16.5. The number of unbranched alkanes of at least 4 members (excludes halogenated alkanes) is 1. The summed E-state index contributed by atoms with van der Waals surface area (Å²) in [4.78, 5) is 24.1. The van der Waals surface area contributed by atoms with Crippen molar-refractivity contribution in [2.45, 2.75) is 52.4 Å². The van der Waals surface area contributed by atoms with Crippen molar-refractivity contribution >= 4 is 11.6 Å². The van der Waals surface area contributed by atoms with Gasteiger partial charge in [0.15, 0.2) is 11.6 Å². The highest BCUT2D eigenvalue weighted by molar-refractivity contribution is 5.97. The van der Waals surface area contributed by atoms with Crippen LogP contribution >= 0.6 is 0 Å². The maximum absolute atomic E-state index is 12.0. The van der Waals surface area contributed by atoms with E-state index in [1.54, 1.807) is 0 Å². The molecule has 0 radical (unpaired) electrons. The Hall–Kier alpha value is -4.18. The zero-order valence-corrected chi connectivity index (χ0v) is 23.5. The first-order valence-electron chi connectivity index (χ1n) is 14.3. The first kappa shape index (κ1) is 28.8. The molecule has 4 aromatic carbocycles. The van der Waals surface area contributed by atoms with Gasteiger partial charge in [-0.1, -0.05) is 86.6 Å². The molecule has 0 aliphatic heterocycles. The van der Waals surface area contributed by atoms with Crippen LogP contribution in [0.15, 0.2) is 97.1 Å². The van der Waals surface area contributed by atoms with E-state index in [9.17, 15) is 9.59 Å². The zero-order chi connectivity index (χ0) is 28.2. The molecule has 0 N–H and O–H groups in total. The van der Waals surface area contributed by atoms with Crippen LogP contribution in [-0.4, -0.2) is 24.8 Å². The van der Waals surface area contributed by atoms with E-state index in [1.165, 1.54) is 0 Å². The summed E-state index contributed by atoms with van der Waals surface area (Å²) in [6, 6.07) is 31.8. The molecule has 4 nitrogen and oxygen atoms in total. The van der Waals surface area contributed by atoms with Crippen molar-refractivity contribution in [3.63, 3.8) is 0 Å². The van der Waals surface area contributed by atoms with Crippen molar-refractivity contribution < 1.29 is 19.1 Å². The van der Waals surface area contributed by atoms with E-state index < -0.39 is 0 Å². The molecule has 0 unspecified atom stereocenters. The lowest BCUT2D eigenvalue weighted by Crippen LogP contribution is -2.02. The second kappa shape index (κ2) is 14.8. The van der Waals surface area contributed by atoms with Crippen molar-refractivity contribution in [1.82, 2.24) is 0 Å². The molecule has 206 valence electrons. The Bertz CT molecular complexity index is 1240. The van der Waals surface area contributed by atoms with E-state index >= 15 is 0 Å². The molecule has 0 fully saturated rings. The van der Waals surface area contributed by atoms with Crippen LogP contribution in [0, 0.1) is 0 Å². The molecule has 0 spiro atoms. The number of hydrogen-bond acceptors (Lipinski definition) is 4. The highest BCUT2D eigenvalue weighted by Gasteiger charge is 2.07. The third kappa shape index (κ3) is 8.16. The molecular weight excluding hydrogens is 496 g/mol. The molecule has 0 atom stereocenters. The van der Waals surface area contributed by atoms with Crippen LogP contribution < -0.4 is 9.47 Å². The summed E-state index contributed by atoms with van der Waals surface area (Å²) in [5, 5.41) is 0. The lowest BCUT2D eigenvalue weighted by Gasteiger charge is -2.10. The van der Waals surface area contributed by atoms with Gasteiger partial charge >= 0.3 is 0 Å². The molecule has 0 heterocycles. The minimum Gasteiger partial charge on any atom is -0.494 e. The molecule has 4 rings (SSSR count). The third-order valence-corrected chi connectivity index (χ3v) is 6.82. The summed E-state index contributed by atoms with van der Waals surface area (Å²) in [5.74, 6) is 2.08. The summed E-state index contributed by atoms with van der Waals surface area (Å²) in [6.07, 6.45) is 4.70. The maximum Gasteiger partial charge on any atom is 0.162 e. The summed E-state index contributed by atoms with van der Waals surface area (Å²) in [7, 11) is 0. The van der Waals surface area contributed by atoms with Crippen LogP contribution in [0.2, 0.25) is 0 Å². The number of rotatable bonds is 15. The minimum absolute atomic E-state index is 0.195. The number of ketones is 2. The van der Waals surface area contributed by atoms with E-state index in [-0.39, 0.29) is 11.6 Å². The number of carbonyl (C=O) groups excluding carboxylic acids is 2. The standard InChI is InChI=1S/C36H38O4/c1-3-7-35(37)31-13-9-27(10-14-31)29-17-21-33(22-18-29)39-25-5-6-26-40-34-23-19-30(20-24-34)28-11-15-32(16-12-28)36(38)8-4-2/h9-24H,3-8,25-26H2,1-2H3.